The molecule has 0 aliphatic rings. The molecule has 2 aromatic carbocycles. The van der Waals surface area contributed by atoms with E-state index < -0.39 is 0 Å². The van der Waals surface area contributed by atoms with Crippen LogP contribution in [-0.4, -0.2) is 21.2 Å². The van der Waals surface area contributed by atoms with Gasteiger partial charge in [0.2, 0.25) is 5.91 Å². The van der Waals surface area contributed by atoms with Crippen molar-refractivity contribution in [1.82, 2.24) is 14.9 Å². The van der Waals surface area contributed by atoms with Gasteiger partial charge in [0.1, 0.15) is 0 Å². The zero-order valence-electron chi connectivity index (χ0n) is 16.4. The van der Waals surface area contributed by atoms with E-state index in [0.717, 1.165) is 5.56 Å². The van der Waals surface area contributed by atoms with Crippen molar-refractivity contribution in [2.75, 3.05) is 5.75 Å². The molecule has 0 aliphatic heterocycles. The van der Waals surface area contributed by atoms with Crippen molar-refractivity contribution in [2.45, 2.75) is 39.0 Å². The minimum Gasteiger partial charge on any atom is -0.351 e. The summed E-state index contributed by atoms with van der Waals surface area (Å²) in [5, 5.41) is 4.12. The number of carbonyl (C=O) groups excluding carboxylic acids is 1. The van der Waals surface area contributed by atoms with Gasteiger partial charge in [-0.3, -0.25) is 14.2 Å². The highest BCUT2D eigenvalue weighted by Crippen LogP contribution is 2.18. The Hall–Kier alpha value is -2.60. The zero-order chi connectivity index (χ0) is 20.1. The highest BCUT2D eigenvalue weighted by molar-refractivity contribution is 7.99. The second-order valence-electron chi connectivity index (χ2n) is 7.27. The van der Waals surface area contributed by atoms with Crippen molar-refractivity contribution >= 4 is 28.6 Å². The number of amides is 1. The number of hydrogen-bond acceptors (Lipinski definition) is 4. The van der Waals surface area contributed by atoms with Crippen molar-refractivity contribution in [1.29, 1.82) is 0 Å². The maximum absolute atomic E-state index is 12.9. The van der Waals surface area contributed by atoms with Crippen molar-refractivity contribution in [2.24, 2.45) is 5.92 Å². The highest BCUT2D eigenvalue weighted by Gasteiger charge is 2.14. The van der Waals surface area contributed by atoms with Crippen LogP contribution in [0.15, 0.2) is 58.5 Å². The van der Waals surface area contributed by atoms with Gasteiger partial charge in [0.25, 0.3) is 5.56 Å². The zero-order valence-corrected chi connectivity index (χ0v) is 17.3. The molecule has 0 saturated heterocycles. The molecule has 0 bridgehead atoms. The number of thioether (sulfide) groups is 1. The Balaban J connectivity index is 1.72. The molecule has 0 saturated carbocycles. The van der Waals surface area contributed by atoms with Gasteiger partial charge in [-0.2, -0.15) is 0 Å². The summed E-state index contributed by atoms with van der Waals surface area (Å²) >= 11 is 1.30. The largest absolute Gasteiger partial charge is 0.351 e. The van der Waals surface area contributed by atoms with Gasteiger partial charge in [0, 0.05) is 13.1 Å². The predicted molar refractivity (Wildman–Crippen MR) is 115 cm³/mol. The molecule has 3 aromatic rings. The molecule has 0 aliphatic carbocycles. The number of fused-ring (bicyclic) bond motifs is 1. The number of benzene rings is 2. The van der Waals surface area contributed by atoms with Crippen LogP contribution in [0.1, 0.15) is 25.0 Å². The third-order valence-electron chi connectivity index (χ3n) is 4.32. The number of nitrogens with one attached hydrogen (secondary N) is 1. The van der Waals surface area contributed by atoms with E-state index in [1.165, 1.54) is 17.3 Å². The normalized spacial score (nSPS) is 11.1. The lowest BCUT2D eigenvalue weighted by molar-refractivity contribution is -0.118. The van der Waals surface area contributed by atoms with Crippen LogP contribution in [0.3, 0.4) is 0 Å². The fourth-order valence-electron chi connectivity index (χ4n) is 2.87. The second-order valence-corrected chi connectivity index (χ2v) is 8.21. The van der Waals surface area contributed by atoms with Crippen LogP contribution in [0.2, 0.25) is 0 Å². The Morgan fingerprint density at radius 2 is 1.86 bits per heavy atom. The molecule has 1 heterocycles. The summed E-state index contributed by atoms with van der Waals surface area (Å²) in [5.41, 5.74) is 2.86. The summed E-state index contributed by atoms with van der Waals surface area (Å²) in [6.07, 6.45) is 0. The van der Waals surface area contributed by atoms with E-state index >= 15 is 0 Å². The Morgan fingerprint density at radius 1 is 1.14 bits per heavy atom. The molecule has 3 rings (SSSR count). The van der Waals surface area contributed by atoms with E-state index in [2.05, 4.69) is 24.1 Å². The van der Waals surface area contributed by atoms with Crippen LogP contribution < -0.4 is 10.9 Å². The van der Waals surface area contributed by atoms with Crippen LogP contribution in [0.5, 0.6) is 0 Å². The molecule has 0 spiro atoms. The van der Waals surface area contributed by atoms with Gasteiger partial charge >= 0.3 is 0 Å². The Bertz CT molecular complexity index is 1030. The average Bonchev–Trinajstić information content (AvgIpc) is 2.68. The number of aromatic nitrogens is 2. The molecule has 146 valence electrons. The maximum atomic E-state index is 12.9. The maximum Gasteiger partial charge on any atom is 0.262 e. The molecule has 28 heavy (non-hydrogen) atoms. The number of rotatable bonds is 7. The third-order valence-corrected chi connectivity index (χ3v) is 5.29. The van der Waals surface area contributed by atoms with Crippen LogP contribution in [0, 0.1) is 12.8 Å². The molecule has 1 amide bonds. The molecule has 0 unspecified atom stereocenters. The number of nitrogens with zero attached hydrogens (tertiary/aromatic N) is 2. The van der Waals surface area contributed by atoms with Crippen LogP contribution in [0.25, 0.3) is 10.9 Å². The third kappa shape index (κ3) is 5.01. The Morgan fingerprint density at radius 3 is 2.57 bits per heavy atom. The molecule has 0 atom stereocenters. The summed E-state index contributed by atoms with van der Waals surface area (Å²) in [7, 11) is 0. The first-order valence-electron chi connectivity index (χ1n) is 9.38. The summed E-state index contributed by atoms with van der Waals surface area (Å²) in [6, 6.07) is 15.4. The molecule has 1 N–H and O–H groups in total. The summed E-state index contributed by atoms with van der Waals surface area (Å²) < 4.78 is 1.69. The smallest absolute Gasteiger partial charge is 0.262 e. The van der Waals surface area contributed by atoms with Gasteiger partial charge in [-0.25, -0.2) is 4.98 Å². The van der Waals surface area contributed by atoms with Crippen molar-refractivity contribution in [3.8, 4) is 0 Å². The summed E-state index contributed by atoms with van der Waals surface area (Å²) in [5.74, 6) is 0.439. The van der Waals surface area contributed by atoms with Crippen molar-refractivity contribution < 1.29 is 4.79 Å². The van der Waals surface area contributed by atoms with Gasteiger partial charge in [0.05, 0.1) is 16.7 Å². The topological polar surface area (TPSA) is 64.0 Å². The average molecular weight is 396 g/mol. The van der Waals surface area contributed by atoms with Crippen LogP contribution in [0.4, 0.5) is 0 Å². The van der Waals surface area contributed by atoms with Gasteiger partial charge in [-0.05, 0) is 30.5 Å². The van der Waals surface area contributed by atoms with E-state index in [0.29, 0.717) is 35.1 Å². The van der Waals surface area contributed by atoms with Gasteiger partial charge in [-0.15, -0.1) is 0 Å². The van der Waals surface area contributed by atoms with E-state index in [-0.39, 0.29) is 17.2 Å². The molecule has 0 fully saturated rings. The monoisotopic (exact) mass is 395 g/mol. The van der Waals surface area contributed by atoms with Gasteiger partial charge in [-0.1, -0.05) is 67.6 Å². The molecule has 5 nitrogen and oxygen atoms in total. The standard InChI is InChI=1S/C22H25N3O2S/c1-15(2)13-25-21(27)18-6-4-5-7-19(18)24-22(25)28-14-20(26)23-12-17-10-8-16(3)9-11-17/h4-11,15H,12-14H2,1-3H3,(H,23,26). The predicted octanol–water partition coefficient (Wildman–Crippen LogP) is 3.77. The first kappa shape index (κ1) is 20.1. The Labute approximate surface area is 169 Å². The molecule has 0 radical (unpaired) electrons. The van der Waals surface area contributed by atoms with E-state index in [4.69, 9.17) is 0 Å². The van der Waals surface area contributed by atoms with Gasteiger partial charge in [0.15, 0.2) is 5.16 Å². The summed E-state index contributed by atoms with van der Waals surface area (Å²) in [6.45, 7) is 7.22. The van der Waals surface area contributed by atoms with E-state index in [9.17, 15) is 9.59 Å². The van der Waals surface area contributed by atoms with E-state index in [1.54, 1.807) is 10.6 Å². The van der Waals surface area contributed by atoms with Crippen molar-refractivity contribution in [3.05, 3.63) is 70.0 Å². The van der Waals surface area contributed by atoms with Gasteiger partial charge < -0.3 is 5.32 Å². The van der Waals surface area contributed by atoms with Crippen LogP contribution in [-0.2, 0) is 17.9 Å². The Kier molecular flexibility index (Phi) is 6.52. The molecular weight excluding hydrogens is 370 g/mol. The number of aryl methyl sites for hydroxylation is 1. The lowest BCUT2D eigenvalue weighted by Crippen LogP contribution is -2.27. The fraction of sp³-hybridized carbons (Fsp3) is 0.318. The summed E-state index contributed by atoms with van der Waals surface area (Å²) in [4.78, 5) is 29.8. The minimum atomic E-state index is -0.0796. The lowest BCUT2D eigenvalue weighted by atomic mass is 10.1. The first-order valence-corrected chi connectivity index (χ1v) is 10.4. The number of para-hydroxylation sites is 1. The molecule has 6 heteroatoms. The number of hydrogen-bond donors (Lipinski definition) is 1. The second kappa shape index (κ2) is 9.06. The first-order chi connectivity index (χ1) is 13.4. The van der Waals surface area contributed by atoms with E-state index in [1.807, 2.05) is 49.4 Å². The molecule has 1 aromatic heterocycles. The molecular formula is C22H25N3O2S. The van der Waals surface area contributed by atoms with Crippen molar-refractivity contribution in [3.63, 3.8) is 0 Å². The quantitative estimate of drug-likeness (QED) is 0.489. The van der Waals surface area contributed by atoms with Crippen LogP contribution >= 0.6 is 11.8 Å². The SMILES string of the molecule is Cc1ccc(CNC(=O)CSc2nc3ccccc3c(=O)n2CC(C)C)cc1. The minimum absolute atomic E-state index is 0.0538. The number of carbonyl (C=O) groups is 1. The lowest BCUT2D eigenvalue weighted by Gasteiger charge is -2.15. The fourth-order valence-corrected chi connectivity index (χ4v) is 3.71. The highest BCUT2D eigenvalue weighted by atomic mass is 32.2.